The van der Waals surface area contributed by atoms with Gasteiger partial charge in [0.2, 0.25) is 0 Å². The monoisotopic (exact) mass is 403 g/mol. The zero-order valence-corrected chi connectivity index (χ0v) is 16.9. The third-order valence-corrected chi connectivity index (χ3v) is 6.24. The number of H-pyrrole nitrogens is 1. The van der Waals surface area contributed by atoms with Gasteiger partial charge in [-0.15, -0.1) is 0 Å². The third-order valence-electron chi connectivity index (χ3n) is 6.24. The van der Waals surface area contributed by atoms with Crippen molar-refractivity contribution in [3.8, 4) is 11.3 Å². The van der Waals surface area contributed by atoms with Crippen molar-refractivity contribution in [2.45, 2.75) is 19.0 Å². The Morgan fingerprint density at radius 2 is 1.52 bits per heavy atom. The van der Waals surface area contributed by atoms with Crippen molar-refractivity contribution in [3.63, 3.8) is 0 Å². The second-order valence-corrected chi connectivity index (χ2v) is 8.15. The van der Waals surface area contributed by atoms with Crippen molar-refractivity contribution in [2.75, 3.05) is 0 Å². The summed E-state index contributed by atoms with van der Waals surface area (Å²) in [6.45, 7) is 0.700. The van der Waals surface area contributed by atoms with Crippen LogP contribution in [-0.2, 0) is 6.54 Å². The Hall–Kier alpha value is -3.76. The molecule has 2 N–H and O–H groups in total. The fourth-order valence-corrected chi connectivity index (χ4v) is 4.62. The first-order valence-corrected chi connectivity index (χ1v) is 10.6. The number of nitrogens with zero attached hydrogens (tertiary/aromatic N) is 1. The fraction of sp³-hybridized carbons (Fsp3) is 0.111. The van der Waals surface area contributed by atoms with E-state index in [9.17, 15) is 4.79 Å². The Kier molecular flexibility index (Phi) is 4.18. The summed E-state index contributed by atoms with van der Waals surface area (Å²) in [7, 11) is 0. The van der Waals surface area contributed by atoms with Gasteiger partial charge in [0, 0.05) is 35.7 Å². The number of hydrogen-bond donors (Lipinski definition) is 2. The number of Topliss-reactive ketones (excluding diaryl/α,β-unsaturated/α-hetero) is 1. The van der Waals surface area contributed by atoms with Crippen LogP contribution in [0, 0.1) is 0 Å². The lowest BCUT2D eigenvalue weighted by Crippen LogP contribution is -2.17. The fourth-order valence-electron chi connectivity index (χ4n) is 4.62. The molecule has 0 spiro atoms. The van der Waals surface area contributed by atoms with Gasteiger partial charge in [-0.3, -0.25) is 9.89 Å². The molecule has 1 unspecified atom stereocenters. The first-order valence-electron chi connectivity index (χ1n) is 10.6. The van der Waals surface area contributed by atoms with E-state index in [0.29, 0.717) is 13.0 Å². The van der Waals surface area contributed by atoms with Crippen molar-refractivity contribution in [1.82, 2.24) is 15.5 Å². The number of rotatable bonds is 4. The van der Waals surface area contributed by atoms with Gasteiger partial charge in [-0.05, 0) is 33.7 Å². The van der Waals surface area contributed by atoms with Crippen LogP contribution in [0.15, 0.2) is 84.9 Å². The second-order valence-electron chi connectivity index (χ2n) is 8.15. The minimum atomic E-state index is -0.0470. The van der Waals surface area contributed by atoms with Gasteiger partial charge in [0.05, 0.1) is 11.4 Å². The van der Waals surface area contributed by atoms with Gasteiger partial charge in [0.1, 0.15) is 0 Å². The van der Waals surface area contributed by atoms with Crippen LogP contribution in [-0.4, -0.2) is 16.0 Å². The summed E-state index contributed by atoms with van der Waals surface area (Å²) in [4.78, 5) is 13.1. The summed E-state index contributed by atoms with van der Waals surface area (Å²) in [5, 5.41) is 15.9. The van der Waals surface area contributed by atoms with Gasteiger partial charge >= 0.3 is 0 Å². The highest BCUT2D eigenvalue weighted by atomic mass is 16.1. The molecule has 1 aromatic heterocycles. The summed E-state index contributed by atoms with van der Waals surface area (Å²) in [6.07, 6.45) is 0.408. The van der Waals surface area contributed by atoms with Gasteiger partial charge in [-0.1, -0.05) is 72.8 Å². The van der Waals surface area contributed by atoms with Crippen molar-refractivity contribution < 1.29 is 4.79 Å². The normalized spacial score (nSPS) is 15.4. The molecule has 1 aliphatic heterocycles. The van der Waals surface area contributed by atoms with E-state index in [1.165, 1.54) is 10.8 Å². The van der Waals surface area contributed by atoms with Crippen LogP contribution < -0.4 is 5.32 Å². The molecule has 0 radical (unpaired) electrons. The molecule has 4 nitrogen and oxygen atoms in total. The molecule has 2 heterocycles. The van der Waals surface area contributed by atoms with E-state index in [-0.39, 0.29) is 11.8 Å². The van der Waals surface area contributed by atoms with Crippen molar-refractivity contribution in [1.29, 1.82) is 0 Å². The lowest BCUT2D eigenvalue weighted by Gasteiger charge is -2.13. The molecule has 0 saturated heterocycles. The quantitative estimate of drug-likeness (QED) is 0.373. The van der Waals surface area contributed by atoms with Crippen LogP contribution in [0.3, 0.4) is 0 Å². The van der Waals surface area contributed by atoms with Crippen molar-refractivity contribution in [2.24, 2.45) is 0 Å². The van der Waals surface area contributed by atoms with Crippen molar-refractivity contribution >= 4 is 27.3 Å². The van der Waals surface area contributed by atoms with Gasteiger partial charge in [0.15, 0.2) is 5.78 Å². The Balaban J connectivity index is 1.32. The number of carbonyl (C=O) groups is 1. The molecule has 150 valence electrons. The molecule has 31 heavy (non-hydrogen) atoms. The van der Waals surface area contributed by atoms with Crippen LogP contribution in [0.25, 0.3) is 32.8 Å². The summed E-state index contributed by atoms with van der Waals surface area (Å²) >= 11 is 0. The van der Waals surface area contributed by atoms with E-state index in [1.54, 1.807) is 0 Å². The molecule has 6 rings (SSSR count). The minimum Gasteiger partial charge on any atom is -0.304 e. The maximum absolute atomic E-state index is 13.1. The van der Waals surface area contributed by atoms with E-state index >= 15 is 0 Å². The van der Waals surface area contributed by atoms with Crippen LogP contribution in [0.2, 0.25) is 0 Å². The number of ketones is 1. The second kappa shape index (κ2) is 7.18. The average Bonchev–Trinajstić information content (AvgIpc) is 3.41. The van der Waals surface area contributed by atoms with Gasteiger partial charge < -0.3 is 5.32 Å². The zero-order valence-electron chi connectivity index (χ0n) is 16.9. The lowest BCUT2D eigenvalue weighted by atomic mass is 9.95. The summed E-state index contributed by atoms with van der Waals surface area (Å²) < 4.78 is 0. The van der Waals surface area contributed by atoms with Crippen LogP contribution >= 0.6 is 0 Å². The Labute approximate surface area is 179 Å². The molecule has 1 aliphatic rings. The Bertz CT molecular complexity index is 1450. The summed E-state index contributed by atoms with van der Waals surface area (Å²) in [6, 6.07) is 28.8. The first-order chi connectivity index (χ1) is 15.3. The number of hydrogen-bond acceptors (Lipinski definition) is 3. The summed E-state index contributed by atoms with van der Waals surface area (Å²) in [5.74, 6) is 0.141. The average molecular weight is 403 g/mol. The maximum atomic E-state index is 13.1. The molecule has 1 atom stereocenters. The molecule has 0 fully saturated rings. The number of carbonyl (C=O) groups excluding carboxylic acids is 1. The SMILES string of the molecule is O=C(CC1NCc2[nH]nc(-c3ccc4ccccc4c3)c21)c1ccc2ccccc2c1. The smallest absolute Gasteiger partial charge is 0.164 e. The zero-order chi connectivity index (χ0) is 20.8. The van der Waals surface area contributed by atoms with E-state index in [2.05, 4.69) is 51.9 Å². The molecule has 4 aromatic carbocycles. The Morgan fingerprint density at radius 1 is 0.839 bits per heavy atom. The molecule has 0 aliphatic carbocycles. The lowest BCUT2D eigenvalue weighted by molar-refractivity contribution is 0.0970. The van der Waals surface area contributed by atoms with E-state index in [4.69, 9.17) is 0 Å². The molecule has 0 bridgehead atoms. The largest absolute Gasteiger partial charge is 0.304 e. The van der Waals surface area contributed by atoms with Gasteiger partial charge in [0.25, 0.3) is 0 Å². The summed E-state index contributed by atoms with van der Waals surface area (Å²) in [5.41, 5.74) is 4.94. The van der Waals surface area contributed by atoms with E-state index < -0.39 is 0 Å². The molecular weight excluding hydrogens is 382 g/mol. The molecule has 0 amide bonds. The highest BCUT2D eigenvalue weighted by Crippen LogP contribution is 2.36. The standard InChI is InChI=1S/C27H21N3O/c31-25(21-11-9-17-5-1-3-7-19(17)13-21)15-23-26-24(16-28-23)29-30-27(26)22-12-10-18-6-2-4-8-20(18)14-22/h1-14,23,28H,15-16H2,(H,29,30). The predicted molar refractivity (Wildman–Crippen MR) is 124 cm³/mol. The first kappa shape index (κ1) is 18.0. The van der Waals surface area contributed by atoms with Gasteiger partial charge in [-0.25, -0.2) is 0 Å². The van der Waals surface area contributed by atoms with Gasteiger partial charge in [-0.2, -0.15) is 5.10 Å². The van der Waals surface area contributed by atoms with Crippen LogP contribution in [0.4, 0.5) is 0 Å². The topological polar surface area (TPSA) is 57.8 Å². The number of benzene rings is 4. The maximum Gasteiger partial charge on any atom is 0.164 e. The number of aromatic nitrogens is 2. The van der Waals surface area contributed by atoms with Crippen LogP contribution in [0.1, 0.15) is 34.1 Å². The highest BCUT2D eigenvalue weighted by Gasteiger charge is 2.30. The molecular formula is C27H21N3O. The van der Waals surface area contributed by atoms with E-state index in [1.807, 2.05) is 48.5 Å². The molecule has 4 heteroatoms. The van der Waals surface area contributed by atoms with E-state index in [0.717, 1.165) is 38.9 Å². The number of fused-ring (bicyclic) bond motifs is 3. The van der Waals surface area contributed by atoms with Crippen LogP contribution in [0.5, 0.6) is 0 Å². The van der Waals surface area contributed by atoms with Crippen molar-refractivity contribution in [3.05, 3.63) is 102 Å². The Morgan fingerprint density at radius 3 is 2.29 bits per heavy atom. The molecule has 0 saturated carbocycles. The highest BCUT2D eigenvalue weighted by molar-refractivity contribution is 6.00. The molecule has 5 aromatic rings. The minimum absolute atomic E-state index is 0.0470. The number of nitrogens with one attached hydrogen (secondary N) is 2. The number of aromatic amines is 1. The third kappa shape index (κ3) is 3.13. The predicted octanol–water partition coefficient (Wildman–Crippen LogP) is 5.80.